The Morgan fingerprint density at radius 1 is 1.44 bits per heavy atom. The Kier molecular flexibility index (Phi) is 2.83. The molecule has 1 aromatic carbocycles. The van der Waals surface area contributed by atoms with E-state index in [1.54, 1.807) is 0 Å². The van der Waals surface area contributed by atoms with Gasteiger partial charge >= 0.3 is 5.97 Å². The molecule has 1 heterocycles. The molecule has 0 amide bonds. The van der Waals surface area contributed by atoms with E-state index in [4.69, 9.17) is 9.84 Å². The van der Waals surface area contributed by atoms with Gasteiger partial charge in [0.1, 0.15) is 17.8 Å². The zero-order valence-corrected chi connectivity index (χ0v) is 8.85. The Balaban J connectivity index is 2.31. The van der Waals surface area contributed by atoms with Crippen molar-refractivity contribution in [3.8, 4) is 5.75 Å². The summed E-state index contributed by atoms with van der Waals surface area (Å²) in [6.07, 6.45) is 0.635. The number of ether oxygens (including phenoxy) is 1. The number of hydrogen-bond donors (Lipinski definition) is 2. The van der Waals surface area contributed by atoms with Crippen molar-refractivity contribution in [2.45, 2.75) is 12.8 Å². The van der Waals surface area contributed by atoms with Crippen LogP contribution in [-0.2, 0) is 11.2 Å². The Morgan fingerprint density at radius 3 is 2.88 bits per heavy atom. The van der Waals surface area contributed by atoms with E-state index in [0.29, 0.717) is 6.42 Å². The van der Waals surface area contributed by atoms with Gasteiger partial charge in [-0.2, -0.15) is 0 Å². The van der Waals surface area contributed by atoms with Crippen molar-refractivity contribution in [1.82, 2.24) is 0 Å². The summed E-state index contributed by atoms with van der Waals surface area (Å²) in [5, 5.41) is 18.2. The van der Waals surface area contributed by atoms with E-state index >= 15 is 0 Å². The predicted octanol–water partition coefficient (Wildman–Crippen LogP) is 1.07. The van der Waals surface area contributed by atoms with E-state index in [1.165, 1.54) is 0 Å². The van der Waals surface area contributed by atoms with Gasteiger partial charge in [0.25, 0.3) is 0 Å². The molecule has 0 bridgehead atoms. The maximum atomic E-state index is 11.3. The van der Waals surface area contributed by atoms with Gasteiger partial charge in [0.15, 0.2) is 0 Å². The second kappa shape index (κ2) is 4.14. The first-order valence-corrected chi connectivity index (χ1v) is 5.23. The molecule has 1 aromatic rings. The molecule has 0 saturated heterocycles. The third-order valence-electron chi connectivity index (χ3n) is 3.05. The summed E-state index contributed by atoms with van der Waals surface area (Å²) in [5.41, 5.74) is -0.0899. The number of rotatable bonds is 3. The van der Waals surface area contributed by atoms with Crippen molar-refractivity contribution >= 4 is 5.97 Å². The normalized spacial score (nSPS) is 23.3. The zero-order valence-electron chi connectivity index (χ0n) is 8.85. The van der Waals surface area contributed by atoms with E-state index in [1.807, 2.05) is 24.3 Å². The minimum atomic E-state index is -0.983. The number of benzene rings is 1. The lowest BCUT2D eigenvalue weighted by Crippen LogP contribution is -2.42. The molecular weight excluding hydrogens is 208 g/mol. The van der Waals surface area contributed by atoms with Gasteiger partial charge in [-0.1, -0.05) is 18.2 Å². The average molecular weight is 222 g/mol. The monoisotopic (exact) mass is 222 g/mol. The minimum Gasteiger partial charge on any atom is -0.492 e. The Bertz CT molecular complexity index is 402. The van der Waals surface area contributed by atoms with Gasteiger partial charge in [-0.15, -0.1) is 0 Å². The number of carboxylic acids is 1. The first-order valence-electron chi connectivity index (χ1n) is 5.23. The molecule has 1 aliphatic heterocycles. The number of aliphatic hydroxyl groups is 1. The molecule has 1 unspecified atom stereocenters. The third kappa shape index (κ3) is 1.76. The summed E-state index contributed by atoms with van der Waals surface area (Å²) in [7, 11) is 0. The van der Waals surface area contributed by atoms with Gasteiger partial charge in [-0.25, -0.2) is 0 Å². The van der Waals surface area contributed by atoms with Gasteiger partial charge < -0.3 is 14.9 Å². The first-order chi connectivity index (χ1) is 7.68. The van der Waals surface area contributed by atoms with Gasteiger partial charge in [-0.3, -0.25) is 4.79 Å². The highest BCUT2D eigenvalue weighted by Crippen LogP contribution is 2.36. The Labute approximate surface area is 93.5 Å². The maximum absolute atomic E-state index is 11.3. The van der Waals surface area contributed by atoms with Gasteiger partial charge in [0, 0.05) is 6.61 Å². The number of aliphatic hydroxyl groups excluding tert-OH is 1. The Hall–Kier alpha value is -1.55. The quantitative estimate of drug-likeness (QED) is 0.803. The van der Waals surface area contributed by atoms with E-state index < -0.39 is 11.4 Å². The molecule has 4 heteroatoms. The van der Waals surface area contributed by atoms with Crippen molar-refractivity contribution in [1.29, 1.82) is 0 Å². The molecule has 0 spiro atoms. The van der Waals surface area contributed by atoms with Crippen molar-refractivity contribution in [2.24, 2.45) is 5.41 Å². The number of fused-ring (bicyclic) bond motifs is 1. The van der Waals surface area contributed by atoms with Crippen LogP contribution in [0.25, 0.3) is 0 Å². The molecule has 4 nitrogen and oxygen atoms in total. The molecule has 2 rings (SSSR count). The Morgan fingerprint density at radius 2 is 2.19 bits per heavy atom. The minimum absolute atomic E-state index is 0.125. The molecule has 16 heavy (non-hydrogen) atoms. The zero-order chi connectivity index (χ0) is 11.6. The van der Waals surface area contributed by atoms with E-state index in [9.17, 15) is 9.90 Å². The second-order valence-corrected chi connectivity index (χ2v) is 4.13. The number of aliphatic carboxylic acids is 1. The molecule has 1 atom stereocenters. The summed E-state index contributed by atoms with van der Waals surface area (Å²) in [4.78, 5) is 11.3. The molecule has 0 fully saturated rings. The van der Waals surface area contributed by atoms with Crippen LogP contribution in [0.3, 0.4) is 0 Å². The van der Waals surface area contributed by atoms with Crippen LogP contribution in [0, 0.1) is 5.41 Å². The molecule has 0 radical (unpaired) electrons. The van der Waals surface area contributed by atoms with Crippen LogP contribution in [-0.4, -0.2) is 29.4 Å². The highest BCUT2D eigenvalue weighted by Gasteiger charge is 2.42. The van der Waals surface area contributed by atoms with Crippen molar-refractivity contribution < 1.29 is 19.7 Å². The van der Waals surface area contributed by atoms with Crippen LogP contribution in [0.2, 0.25) is 0 Å². The topological polar surface area (TPSA) is 66.8 Å². The lowest BCUT2D eigenvalue weighted by atomic mass is 9.78. The van der Waals surface area contributed by atoms with Crippen LogP contribution < -0.4 is 4.74 Å². The summed E-state index contributed by atoms with van der Waals surface area (Å²) in [6, 6.07) is 7.42. The largest absolute Gasteiger partial charge is 0.492 e. The average Bonchev–Trinajstić information content (AvgIpc) is 2.29. The highest BCUT2D eigenvalue weighted by molar-refractivity contribution is 5.76. The number of carboxylic acid groups (broad SMARTS) is 1. The van der Waals surface area contributed by atoms with Gasteiger partial charge in [0.2, 0.25) is 0 Å². The molecule has 1 aliphatic rings. The number of hydrogen-bond acceptors (Lipinski definition) is 3. The van der Waals surface area contributed by atoms with E-state index in [-0.39, 0.29) is 19.6 Å². The molecule has 86 valence electrons. The second-order valence-electron chi connectivity index (χ2n) is 4.13. The molecule has 0 aliphatic carbocycles. The van der Waals surface area contributed by atoms with Gasteiger partial charge in [0.05, 0.1) is 0 Å². The molecule has 2 N–H and O–H groups in total. The van der Waals surface area contributed by atoms with Crippen LogP contribution in [0.5, 0.6) is 5.75 Å². The number of para-hydroxylation sites is 1. The summed E-state index contributed by atoms with van der Waals surface area (Å²) < 4.78 is 5.46. The predicted molar refractivity (Wildman–Crippen MR) is 57.4 cm³/mol. The highest BCUT2D eigenvalue weighted by atomic mass is 16.5. The van der Waals surface area contributed by atoms with Crippen LogP contribution >= 0.6 is 0 Å². The summed E-state index contributed by atoms with van der Waals surface area (Å²) in [5.74, 6) is -0.159. The fourth-order valence-electron chi connectivity index (χ4n) is 2.04. The lowest BCUT2D eigenvalue weighted by molar-refractivity contribution is -0.153. The molecular formula is C12H14O4. The lowest BCUT2D eigenvalue weighted by Gasteiger charge is -2.33. The van der Waals surface area contributed by atoms with E-state index in [0.717, 1.165) is 11.3 Å². The van der Waals surface area contributed by atoms with Crippen LogP contribution in [0.4, 0.5) is 0 Å². The number of carbonyl (C=O) groups is 1. The van der Waals surface area contributed by atoms with Crippen molar-refractivity contribution in [3.63, 3.8) is 0 Å². The van der Waals surface area contributed by atoms with Gasteiger partial charge in [-0.05, 0) is 24.5 Å². The fourth-order valence-corrected chi connectivity index (χ4v) is 2.04. The fraction of sp³-hybridized carbons (Fsp3) is 0.417. The van der Waals surface area contributed by atoms with Crippen molar-refractivity contribution in [2.75, 3.05) is 13.2 Å². The first kappa shape index (κ1) is 11.0. The SMILES string of the molecule is O=C(O)C1(CCO)COc2ccccc2C1. The van der Waals surface area contributed by atoms with Crippen molar-refractivity contribution in [3.05, 3.63) is 29.8 Å². The maximum Gasteiger partial charge on any atom is 0.313 e. The smallest absolute Gasteiger partial charge is 0.313 e. The summed E-state index contributed by atoms with van der Waals surface area (Å²) >= 11 is 0. The van der Waals surface area contributed by atoms with E-state index in [2.05, 4.69) is 0 Å². The third-order valence-corrected chi connectivity index (χ3v) is 3.05. The molecule has 0 aromatic heterocycles. The standard InChI is InChI=1S/C12H14O4/c13-6-5-12(11(14)15)7-9-3-1-2-4-10(9)16-8-12/h1-4,13H,5-8H2,(H,14,15). The summed E-state index contributed by atoms with van der Waals surface area (Å²) in [6.45, 7) is -0.0161. The van der Waals surface area contributed by atoms with Crippen LogP contribution in [0.1, 0.15) is 12.0 Å². The molecule has 0 saturated carbocycles. The van der Waals surface area contributed by atoms with Crippen LogP contribution in [0.15, 0.2) is 24.3 Å².